The zero-order chi connectivity index (χ0) is 15.8. The van der Waals surface area contributed by atoms with Crippen molar-refractivity contribution in [1.29, 1.82) is 0 Å². The summed E-state index contributed by atoms with van der Waals surface area (Å²) in [4.78, 5) is 0. The minimum Gasteiger partial charge on any atom is -0.480 e. The third-order valence-corrected chi connectivity index (χ3v) is 2.56. The molecule has 116 valence electrons. The summed E-state index contributed by atoms with van der Waals surface area (Å²) < 4.78 is 0. The number of nitrogens with zero attached hydrogens (tertiary/aromatic N) is 2. The predicted molar refractivity (Wildman–Crippen MR) is 97.4 cm³/mol. The van der Waals surface area contributed by atoms with Gasteiger partial charge in [-0.1, -0.05) is 24.3 Å². The zero-order valence-electron chi connectivity index (χ0n) is 11.2. The van der Waals surface area contributed by atoms with E-state index in [0.29, 0.717) is 0 Å². The van der Waals surface area contributed by atoms with Crippen molar-refractivity contribution in [2.45, 2.75) is 0 Å². The Morgan fingerprint density at radius 1 is 0.591 bits per heavy atom. The SMILES string of the molecule is [Cl][Ga]([Cl])[Cl].c1ccc2c(c1)N[N-]N2.c1ccc2c(c1)N[N-]N2. The molecule has 2 aromatic carbocycles. The molecule has 2 aliphatic rings. The molecule has 22 heavy (non-hydrogen) atoms. The smallest absolute Gasteiger partial charge is 0.0404 e. The number of hydrogen-bond donors (Lipinski definition) is 4. The molecule has 2 heterocycles. The van der Waals surface area contributed by atoms with Crippen LogP contribution in [0.5, 0.6) is 0 Å². The molecule has 0 unspecified atom stereocenters. The number of fused-ring (bicyclic) bond motifs is 2. The Bertz CT molecular complexity index is 502. The van der Waals surface area contributed by atoms with Gasteiger partial charge in [-0.2, -0.15) is 0 Å². The molecule has 0 aromatic heterocycles. The fourth-order valence-corrected chi connectivity index (χ4v) is 1.65. The second-order valence-corrected chi connectivity index (χ2v) is 15.3. The Hall–Kier alpha value is -0.934. The van der Waals surface area contributed by atoms with Gasteiger partial charge in [0.25, 0.3) is 0 Å². The third-order valence-electron chi connectivity index (χ3n) is 2.56. The topological polar surface area (TPSA) is 76.3 Å². The molecule has 0 fully saturated rings. The molecule has 0 spiro atoms. The molecule has 0 atom stereocenters. The summed E-state index contributed by atoms with van der Waals surface area (Å²) >= 11 is -2.06. The number of para-hydroxylation sites is 4. The minimum atomic E-state index is -2.06. The largest absolute Gasteiger partial charge is 0.480 e. The maximum Gasteiger partial charge on any atom is 0.0404 e. The molecular formula is C12H12Cl3GaN6-2. The molecule has 2 aliphatic heterocycles. The zero-order valence-corrected chi connectivity index (χ0v) is 15.9. The monoisotopic (exact) mass is 414 g/mol. The van der Waals surface area contributed by atoms with E-state index in [4.69, 9.17) is 28.9 Å². The van der Waals surface area contributed by atoms with Crippen molar-refractivity contribution in [1.82, 2.24) is 0 Å². The van der Waals surface area contributed by atoms with Crippen LogP contribution in [-0.4, -0.2) is 13.2 Å². The Morgan fingerprint density at radius 2 is 0.818 bits per heavy atom. The first-order chi connectivity index (χ1) is 10.7. The first-order valence-electron chi connectivity index (χ1n) is 6.20. The average Bonchev–Trinajstić information content (AvgIpc) is 3.16. The summed E-state index contributed by atoms with van der Waals surface area (Å²) in [6, 6.07) is 15.8. The molecule has 0 saturated carbocycles. The second kappa shape index (κ2) is 9.26. The van der Waals surface area contributed by atoms with E-state index in [1.165, 1.54) is 0 Å². The van der Waals surface area contributed by atoms with Crippen molar-refractivity contribution in [3.05, 3.63) is 59.6 Å². The number of rotatable bonds is 0. The summed E-state index contributed by atoms with van der Waals surface area (Å²) in [5.41, 5.74) is 22.9. The molecule has 6 nitrogen and oxygen atoms in total. The first-order valence-corrected chi connectivity index (χ1v) is 15.8. The van der Waals surface area contributed by atoms with Crippen molar-refractivity contribution in [3.63, 3.8) is 0 Å². The molecule has 4 rings (SSSR count). The summed E-state index contributed by atoms with van der Waals surface area (Å²) in [7, 11) is 15.0. The van der Waals surface area contributed by atoms with Crippen molar-refractivity contribution >= 4 is 64.9 Å². The van der Waals surface area contributed by atoms with Gasteiger partial charge in [0.1, 0.15) is 0 Å². The van der Waals surface area contributed by atoms with E-state index in [9.17, 15) is 0 Å². The van der Waals surface area contributed by atoms with E-state index in [1.807, 2.05) is 48.5 Å². The van der Waals surface area contributed by atoms with Crippen LogP contribution < -0.4 is 21.7 Å². The van der Waals surface area contributed by atoms with E-state index >= 15 is 0 Å². The van der Waals surface area contributed by atoms with Crippen LogP contribution in [0, 0.1) is 0 Å². The van der Waals surface area contributed by atoms with E-state index in [2.05, 4.69) is 32.8 Å². The molecule has 0 radical (unpaired) electrons. The van der Waals surface area contributed by atoms with Crippen LogP contribution in [0.3, 0.4) is 0 Å². The molecule has 10 heteroatoms. The maximum atomic E-state index is 4.99. The number of hydrogen-bond acceptors (Lipinski definition) is 4. The fraction of sp³-hybridized carbons (Fsp3) is 0. The Kier molecular flexibility index (Phi) is 7.33. The van der Waals surface area contributed by atoms with E-state index in [0.717, 1.165) is 22.7 Å². The van der Waals surface area contributed by atoms with E-state index in [-0.39, 0.29) is 0 Å². The van der Waals surface area contributed by atoms with E-state index < -0.39 is 13.2 Å². The Balaban J connectivity index is 0.000000131. The minimum absolute atomic E-state index is 1.04. The van der Waals surface area contributed by atoms with Crippen LogP contribution in [0.25, 0.3) is 11.1 Å². The molecular weight excluding hydrogens is 404 g/mol. The fourth-order valence-electron chi connectivity index (χ4n) is 1.65. The molecule has 4 N–H and O–H groups in total. The van der Waals surface area contributed by atoms with Crippen molar-refractivity contribution < 1.29 is 0 Å². The summed E-state index contributed by atoms with van der Waals surface area (Å²) in [5, 5.41) is 0. The Labute approximate surface area is 145 Å². The normalized spacial score (nSPS) is 12.5. The van der Waals surface area contributed by atoms with Gasteiger partial charge < -0.3 is 32.8 Å². The van der Waals surface area contributed by atoms with Crippen LogP contribution in [0.4, 0.5) is 22.7 Å². The summed E-state index contributed by atoms with van der Waals surface area (Å²) in [6.07, 6.45) is 0. The molecule has 0 bridgehead atoms. The average molecular weight is 416 g/mol. The third kappa shape index (κ3) is 5.69. The van der Waals surface area contributed by atoms with Gasteiger partial charge in [0.15, 0.2) is 0 Å². The summed E-state index contributed by atoms with van der Waals surface area (Å²) in [6.45, 7) is 0. The van der Waals surface area contributed by atoms with Crippen molar-refractivity contribution in [3.8, 4) is 0 Å². The molecule has 2 aromatic rings. The van der Waals surface area contributed by atoms with Crippen molar-refractivity contribution in [2.24, 2.45) is 0 Å². The van der Waals surface area contributed by atoms with Crippen LogP contribution in [0.15, 0.2) is 48.5 Å². The molecule has 0 amide bonds. The second-order valence-electron chi connectivity index (χ2n) is 4.01. The summed E-state index contributed by atoms with van der Waals surface area (Å²) in [5.74, 6) is 0. The van der Waals surface area contributed by atoms with Crippen LogP contribution in [0.2, 0.25) is 0 Å². The van der Waals surface area contributed by atoms with Crippen LogP contribution >= 0.6 is 28.9 Å². The number of halogens is 3. The van der Waals surface area contributed by atoms with Gasteiger partial charge >= 0.3 is 42.1 Å². The maximum absolute atomic E-state index is 4.99. The standard InChI is InChI=1S/2C6H6N3.3ClH.Ga/c2*1-2-4-6-5(3-1)7-9-8-6;;;;/h2*1-4,7-8H;3*1H;/q2*-1;;;;+3/p-3. The van der Waals surface area contributed by atoms with Crippen LogP contribution in [0.1, 0.15) is 0 Å². The Morgan fingerprint density at radius 3 is 1.05 bits per heavy atom. The van der Waals surface area contributed by atoms with Gasteiger partial charge in [0.2, 0.25) is 0 Å². The number of benzene rings is 2. The number of anilines is 4. The first kappa shape index (κ1) is 17.4. The van der Waals surface area contributed by atoms with Gasteiger partial charge in [-0.15, -0.1) is 0 Å². The molecule has 0 aliphatic carbocycles. The van der Waals surface area contributed by atoms with Crippen molar-refractivity contribution in [2.75, 3.05) is 21.7 Å². The van der Waals surface area contributed by atoms with Gasteiger partial charge in [0, 0.05) is 22.7 Å². The van der Waals surface area contributed by atoms with Gasteiger partial charge in [-0.3, -0.25) is 0 Å². The van der Waals surface area contributed by atoms with E-state index in [1.54, 1.807) is 0 Å². The van der Waals surface area contributed by atoms with Crippen LogP contribution in [-0.2, 0) is 0 Å². The quantitative estimate of drug-likeness (QED) is 0.449. The van der Waals surface area contributed by atoms with Gasteiger partial charge in [-0.25, -0.2) is 0 Å². The molecule has 0 saturated heterocycles. The predicted octanol–water partition coefficient (Wildman–Crippen LogP) is 5.14. The number of nitrogens with one attached hydrogen (secondary N) is 4. The van der Waals surface area contributed by atoms with Gasteiger partial charge in [0.05, 0.1) is 0 Å². The van der Waals surface area contributed by atoms with Gasteiger partial charge in [-0.05, 0) is 24.3 Å².